The van der Waals surface area contributed by atoms with Crippen LogP contribution in [0.15, 0.2) is 12.3 Å². The predicted octanol–water partition coefficient (Wildman–Crippen LogP) is 5.13. The number of hydrogen-bond donors (Lipinski definition) is 0. The third-order valence-corrected chi connectivity index (χ3v) is 10.6. The molecule has 8 heteroatoms. The average Bonchev–Trinajstić information content (AvgIpc) is 2.80. The molecule has 148 valence electrons. The van der Waals surface area contributed by atoms with E-state index >= 15 is 0 Å². The normalized spacial score (nSPS) is 23.3. The number of carbonyl (C=O) groups is 1. The van der Waals surface area contributed by atoms with Crippen LogP contribution in [0, 0.1) is 0 Å². The topological polar surface area (TPSA) is 66.2 Å². The number of rotatable bonds is 4. The van der Waals surface area contributed by atoms with Gasteiger partial charge in [-0.1, -0.05) is 32.4 Å². The van der Waals surface area contributed by atoms with E-state index in [2.05, 4.69) is 51.0 Å². The molecule has 27 heavy (non-hydrogen) atoms. The van der Waals surface area contributed by atoms with Crippen LogP contribution >= 0.6 is 11.6 Å². The standard InChI is InChI=1S/C19H28ClN3O3Si/c1-12(24)25-15-11-23(17-14(15)8-16(20)21-22-17)13-9-19(5,10-13)26-27(6,7)18(2,3)4/h8,11,13H,9-10H2,1-7H3. The van der Waals surface area contributed by atoms with Gasteiger partial charge in [-0.2, -0.15) is 0 Å². The molecule has 2 heterocycles. The van der Waals surface area contributed by atoms with Crippen molar-refractivity contribution in [3.63, 3.8) is 0 Å². The van der Waals surface area contributed by atoms with E-state index in [4.69, 9.17) is 20.8 Å². The Labute approximate surface area is 166 Å². The van der Waals surface area contributed by atoms with Gasteiger partial charge in [0, 0.05) is 19.2 Å². The van der Waals surface area contributed by atoms with Crippen molar-refractivity contribution < 1.29 is 14.0 Å². The average molecular weight is 410 g/mol. The summed E-state index contributed by atoms with van der Waals surface area (Å²) in [7, 11) is -1.84. The maximum atomic E-state index is 11.4. The Morgan fingerprint density at radius 3 is 2.52 bits per heavy atom. The van der Waals surface area contributed by atoms with Crippen LogP contribution in [0.4, 0.5) is 0 Å². The van der Waals surface area contributed by atoms with Gasteiger partial charge in [-0.15, -0.1) is 10.2 Å². The van der Waals surface area contributed by atoms with Crippen molar-refractivity contribution in [1.29, 1.82) is 0 Å². The lowest BCUT2D eigenvalue weighted by Crippen LogP contribution is -2.54. The van der Waals surface area contributed by atoms with E-state index in [0.717, 1.165) is 12.8 Å². The van der Waals surface area contributed by atoms with E-state index in [9.17, 15) is 4.79 Å². The van der Waals surface area contributed by atoms with E-state index in [1.165, 1.54) is 6.92 Å². The van der Waals surface area contributed by atoms with Crippen LogP contribution in [0.1, 0.15) is 53.5 Å². The first-order valence-corrected chi connectivity index (χ1v) is 12.5. The zero-order valence-corrected chi connectivity index (χ0v) is 18.8. The number of esters is 1. The summed E-state index contributed by atoms with van der Waals surface area (Å²) in [5.74, 6) is 0.0925. The van der Waals surface area contributed by atoms with Gasteiger partial charge in [0.1, 0.15) is 0 Å². The van der Waals surface area contributed by atoms with Crippen LogP contribution in [0.2, 0.25) is 23.3 Å². The highest BCUT2D eigenvalue weighted by atomic mass is 35.5. The molecule has 0 bridgehead atoms. The number of aromatic nitrogens is 3. The lowest BCUT2D eigenvalue weighted by atomic mass is 9.77. The highest BCUT2D eigenvalue weighted by molar-refractivity contribution is 6.74. The third kappa shape index (κ3) is 3.91. The minimum Gasteiger partial charge on any atom is -0.424 e. The van der Waals surface area contributed by atoms with Gasteiger partial charge in [0.15, 0.2) is 24.9 Å². The zero-order valence-electron chi connectivity index (χ0n) is 17.1. The van der Waals surface area contributed by atoms with Crippen LogP contribution in [0.25, 0.3) is 11.0 Å². The highest BCUT2D eigenvalue weighted by Gasteiger charge is 2.49. The van der Waals surface area contributed by atoms with E-state index in [0.29, 0.717) is 16.8 Å². The second kappa shape index (κ2) is 6.57. The van der Waals surface area contributed by atoms with E-state index in [-0.39, 0.29) is 27.8 Å². The fourth-order valence-electron chi connectivity index (χ4n) is 3.49. The molecule has 0 spiro atoms. The Morgan fingerprint density at radius 1 is 1.33 bits per heavy atom. The summed E-state index contributed by atoms with van der Waals surface area (Å²) in [5, 5.41) is 9.33. The first-order valence-electron chi connectivity index (χ1n) is 9.24. The maximum absolute atomic E-state index is 11.4. The second-order valence-corrected chi connectivity index (χ2v) is 14.4. The van der Waals surface area contributed by atoms with Gasteiger partial charge in [0.2, 0.25) is 0 Å². The van der Waals surface area contributed by atoms with Crippen molar-refractivity contribution in [3.05, 3.63) is 17.4 Å². The molecule has 0 unspecified atom stereocenters. The predicted molar refractivity (Wildman–Crippen MR) is 109 cm³/mol. The Hall–Kier alpha value is -1.44. The number of nitrogens with zero attached hydrogens (tertiary/aromatic N) is 3. The van der Waals surface area contributed by atoms with Crippen LogP contribution in [0.3, 0.4) is 0 Å². The van der Waals surface area contributed by atoms with Crippen molar-refractivity contribution in [2.45, 2.75) is 77.2 Å². The van der Waals surface area contributed by atoms with Gasteiger partial charge in [0.25, 0.3) is 0 Å². The number of ether oxygens (including phenoxy) is 1. The largest absolute Gasteiger partial charge is 0.424 e. The van der Waals surface area contributed by atoms with Crippen molar-refractivity contribution >= 4 is 36.9 Å². The van der Waals surface area contributed by atoms with Crippen LogP contribution in [0.5, 0.6) is 5.75 Å². The number of hydrogen-bond acceptors (Lipinski definition) is 5. The first kappa shape index (κ1) is 20.3. The Kier molecular flexibility index (Phi) is 4.94. The molecule has 0 amide bonds. The van der Waals surface area contributed by atoms with Crippen molar-refractivity contribution in [2.24, 2.45) is 0 Å². The molecule has 0 aliphatic heterocycles. The molecular weight excluding hydrogens is 382 g/mol. The van der Waals surface area contributed by atoms with Crippen LogP contribution in [-0.2, 0) is 9.22 Å². The quantitative estimate of drug-likeness (QED) is 0.517. The molecule has 1 fully saturated rings. The maximum Gasteiger partial charge on any atom is 0.308 e. The SMILES string of the molecule is CC(=O)Oc1cn(C2CC(C)(O[Si](C)(C)C(C)(C)C)C2)c2nnc(Cl)cc12. The summed E-state index contributed by atoms with van der Waals surface area (Å²) in [6.45, 7) is 14.9. The van der Waals surface area contributed by atoms with Crippen molar-refractivity contribution in [1.82, 2.24) is 14.8 Å². The van der Waals surface area contributed by atoms with E-state index in [1.54, 1.807) is 6.07 Å². The summed E-state index contributed by atoms with van der Waals surface area (Å²) in [5.41, 5.74) is 0.529. The molecule has 0 aromatic carbocycles. The summed E-state index contributed by atoms with van der Waals surface area (Å²) in [6.07, 6.45) is 3.59. The molecule has 0 saturated heterocycles. The fraction of sp³-hybridized carbons (Fsp3) is 0.632. The van der Waals surface area contributed by atoms with E-state index in [1.807, 2.05) is 10.8 Å². The van der Waals surface area contributed by atoms with Gasteiger partial charge < -0.3 is 13.7 Å². The minimum absolute atomic E-state index is 0.147. The molecule has 2 aromatic heterocycles. The van der Waals surface area contributed by atoms with Gasteiger partial charge in [-0.25, -0.2) is 0 Å². The lowest BCUT2D eigenvalue weighted by Gasteiger charge is -2.52. The van der Waals surface area contributed by atoms with Gasteiger partial charge >= 0.3 is 5.97 Å². The number of carbonyl (C=O) groups excluding carboxylic acids is 1. The molecule has 0 radical (unpaired) electrons. The van der Waals surface area contributed by atoms with Crippen LogP contribution < -0.4 is 4.74 Å². The number of halogens is 1. The molecule has 0 N–H and O–H groups in total. The smallest absolute Gasteiger partial charge is 0.308 e. The number of fused-ring (bicyclic) bond motifs is 1. The molecular formula is C19H28ClN3O3Si. The molecule has 1 aliphatic rings. The minimum atomic E-state index is -1.84. The molecule has 6 nitrogen and oxygen atoms in total. The molecule has 1 aliphatic carbocycles. The van der Waals surface area contributed by atoms with Crippen molar-refractivity contribution in [3.8, 4) is 5.75 Å². The summed E-state index contributed by atoms with van der Waals surface area (Å²) in [6, 6.07) is 1.91. The van der Waals surface area contributed by atoms with Gasteiger partial charge in [-0.05, 0) is 44.0 Å². The third-order valence-electron chi connectivity index (χ3n) is 5.80. The molecule has 1 saturated carbocycles. The zero-order chi connectivity index (χ0) is 20.2. The van der Waals surface area contributed by atoms with Crippen LogP contribution in [-0.4, -0.2) is 34.7 Å². The first-order chi connectivity index (χ1) is 12.3. The summed E-state index contributed by atoms with van der Waals surface area (Å²) in [4.78, 5) is 11.4. The van der Waals surface area contributed by atoms with Gasteiger partial charge in [-0.3, -0.25) is 4.79 Å². The van der Waals surface area contributed by atoms with Crippen molar-refractivity contribution in [2.75, 3.05) is 0 Å². The monoisotopic (exact) mass is 409 g/mol. The van der Waals surface area contributed by atoms with Gasteiger partial charge in [0.05, 0.1) is 11.0 Å². The molecule has 3 rings (SSSR count). The molecule has 2 aromatic rings. The fourth-order valence-corrected chi connectivity index (χ4v) is 5.34. The second-order valence-electron chi connectivity index (χ2n) is 9.27. The Morgan fingerprint density at radius 2 is 1.96 bits per heavy atom. The van der Waals surface area contributed by atoms with E-state index < -0.39 is 8.32 Å². The highest BCUT2D eigenvalue weighted by Crippen LogP contribution is 2.50. The Balaban J connectivity index is 1.85. The summed E-state index contributed by atoms with van der Waals surface area (Å²) >= 11 is 5.99. The lowest BCUT2D eigenvalue weighted by molar-refractivity contribution is -0.131. The Bertz CT molecular complexity index is 882. The summed E-state index contributed by atoms with van der Waals surface area (Å²) < 4.78 is 14.0. The molecule has 0 atom stereocenters.